The lowest BCUT2D eigenvalue weighted by Gasteiger charge is -2.07. The van der Waals surface area contributed by atoms with Crippen LogP contribution in [-0.4, -0.2) is 21.9 Å². The number of anilines is 1. The zero-order valence-corrected chi connectivity index (χ0v) is 10.9. The van der Waals surface area contributed by atoms with Gasteiger partial charge < -0.3 is 5.32 Å². The average Bonchev–Trinajstić information content (AvgIpc) is 2.15. The molecule has 0 saturated heterocycles. The van der Waals surface area contributed by atoms with Crippen LogP contribution in [0.15, 0.2) is 12.5 Å². The van der Waals surface area contributed by atoms with Crippen LogP contribution in [0, 0.1) is 3.57 Å². The van der Waals surface area contributed by atoms with Crippen molar-refractivity contribution in [2.24, 2.45) is 0 Å². The molecule has 78 valence electrons. The van der Waals surface area contributed by atoms with Crippen molar-refractivity contribution < 1.29 is 0 Å². The molecule has 1 N–H and O–H groups in total. The van der Waals surface area contributed by atoms with E-state index in [0.717, 1.165) is 28.8 Å². The summed E-state index contributed by atoms with van der Waals surface area (Å²) in [5, 5.41) is 3.50. The molecule has 0 fully saturated rings. The Balaban J connectivity index is 2.28. The maximum Gasteiger partial charge on any atom is 0.142 e. The van der Waals surface area contributed by atoms with Gasteiger partial charge in [0, 0.05) is 18.1 Å². The Kier molecular flexibility index (Phi) is 5.47. The molecule has 1 aromatic rings. The highest BCUT2D eigenvalue weighted by molar-refractivity contribution is 14.1. The van der Waals surface area contributed by atoms with Crippen LogP contribution >= 0.6 is 34.2 Å². The van der Waals surface area contributed by atoms with E-state index in [-0.39, 0.29) is 5.38 Å². The fourth-order valence-electron chi connectivity index (χ4n) is 1.03. The zero-order chi connectivity index (χ0) is 10.4. The average molecular weight is 326 g/mol. The first kappa shape index (κ1) is 12.0. The minimum Gasteiger partial charge on any atom is -0.369 e. The lowest BCUT2D eigenvalue weighted by Crippen LogP contribution is -2.06. The molecular formula is C9H13ClIN3. The van der Waals surface area contributed by atoms with Crippen LogP contribution in [0.2, 0.25) is 0 Å². The largest absolute Gasteiger partial charge is 0.369 e. The molecule has 0 aliphatic heterocycles. The van der Waals surface area contributed by atoms with Crippen LogP contribution in [0.1, 0.15) is 19.8 Å². The van der Waals surface area contributed by atoms with E-state index in [1.807, 2.05) is 6.92 Å². The Labute approximate surface area is 103 Å². The molecule has 0 radical (unpaired) electrons. The summed E-state index contributed by atoms with van der Waals surface area (Å²) in [5.41, 5.74) is 0. The summed E-state index contributed by atoms with van der Waals surface area (Å²) in [6, 6.07) is 0. The third kappa shape index (κ3) is 4.41. The monoisotopic (exact) mass is 325 g/mol. The van der Waals surface area contributed by atoms with E-state index in [9.17, 15) is 0 Å². The minimum atomic E-state index is 0.251. The molecule has 1 rings (SSSR count). The van der Waals surface area contributed by atoms with E-state index in [4.69, 9.17) is 11.6 Å². The van der Waals surface area contributed by atoms with Crippen LogP contribution in [0.5, 0.6) is 0 Å². The molecule has 0 bridgehead atoms. The molecule has 0 amide bonds. The summed E-state index contributed by atoms with van der Waals surface area (Å²) in [6.45, 7) is 2.92. The van der Waals surface area contributed by atoms with Crippen LogP contribution < -0.4 is 5.32 Å². The van der Waals surface area contributed by atoms with Gasteiger partial charge in [0.15, 0.2) is 0 Å². The zero-order valence-electron chi connectivity index (χ0n) is 8.00. The van der Waals surface area contributed by atoms with Gasteiger partial charge in [0.1, 0.15) is 12.1 Å². The molecule has 0 aliphatic carbocycles. The van der Waals surface area contributed by atoms with Gasteiger partial charge in [0.25, 0.3) is 0 Å². The van der Waals surface area contributed by atoms with Gasteiger partial charge in [0.05, 0.1) is 3.57 Å². The Bertz CT molecular complexity index is 281. The Morgan fingerprint density at radius 1 is 1.64 bits per heavy atom. The summed E-state index contributed by atoms with van der Waals surface area (Å²) in [6.07, 6.45) is 5.43. The van der Waals surface area contributed by atoms with E-state index in [0.29, 0.717) is 0 Å². The van der Waals surface area contributed by atoms with Gasteiger partial charge >= 0.3 is 0 Å². The Morgan fingerprint density at radius 3 is 3.07 bits per heavy atom. The quantitative estimate of drug-likeness (QED) is 0.514. The Hall–Kier alpha value is -0.100. The second-order valence-corrected chi connectivity index (χ2v) is 4.98. The highest BCUT2D eigenvalue weighted by atomic mass is 127. The first-order chi connectivity index (χ1) is 6.70. The fourth-order valence-corrected chi connectivity index (χ4v) is 1.68. The van der Waals surface area contributed by atoms with Crippen molar-refractivity contribution in [3.8, 4) is 0 Å². The molecule has 0 spiro atoms. The van der Waals surface area contributed by atoms with E-state index in [2.05, 4.69) is 37.9 Å². The van der Waals surface area contributed by atoms with Crippen molar-refractivity contribution in [3.05, 3.63) is 16.1 Å². The van der Waals surface area contributed by atoms with Crippen LogP contribution in [0.25, 0.3) is 0 Å². The van der Waals surface area contributed by atoms with Gasteiger partial charge in [-0.3, -0.25) is 0 Å². The highest BCUT2D eigenvalue weighted by Crippen LogP contribution is 2.12. The lowest BCUT2D eigenvalue weighted by molar-refractivity contribution is 0.748. The first-order valence-electron chi connectivity index (χ1n) is 4.53. The summed E-state index contributed by atoms with van der Waals surface area (Å²) in [7, 11) is 0. The van der Waals surface area contributed by atoms with E-state index < -0.39 is 0 Å². The summed E-state index contributed by atoms with van der Waals surface area (Å²) < 4.78 is 1.05. The molecule has 1 unspecified atom stereocenters. The predicted octanol–water partition coefficient (Wildman–Crippen LogP) is 2.90. The van der Waals surface area contributed by atoms with Gasteiger partial charge in [-0.25, -0.2) is 9.97 Å². The van der Waals surface area contributed by atoms with Gasteiger partial charge in [-0.2, -0.15) is 0 Å². The van der Waals surface area contributed by atoms with Crippen LogP contribution in [-0.2, 0) is 0 Å². The number of hydrogen-bond acceptors (Lipinski definition) is 3. The number of nitrogens with zero attached hydrogens (tertiary/aromatic N) is 2. The van der Waals surface area contributed by atoms with Crippen molar-refractivity contribution in [1.82, 2.24) is 9.97 Å². The van der Waals surface area contributed by atoms with Gasteiger partial charge in [-0.15, -0.1) is 11.6 Å². The Morgan fingerprint density at radius 2 is 2.43 bits per heavy atom. The van der Waals surface area contributed by atoms with Crippen molar-refractivity contribution in [1.29, 1.82) is 0 Å². The maximum absolute atomic E-state index is 5.84. The lowest BCUT2D eigenvalue weighted by atomic mass is 10.2. The summed E-state index contributed by atoms with van der Waals surface area (Å²) >= 11 is 8.05. The molecule has 1 atom stereocenters. The molecule has 1 heterocycles. The molecule has 0 saturated carbocycles. The topological polar surface area (TPSA) is 37.8 Å². The third-order valence-electron chi connectivity index (χ3n) is 1.74. The molecule has 3 nitrogen and oxygen atoms in total. The number of halogens is 2. The maximum atomic E-state index is 5.84. The molecule has 0 aliphatic rings. The van der Waals surface area contributed by atoms with Crippen molar-refractivity contribution in [2.45, 2.75) is 25.1 Å². The first-order valence-corrected chi connectivity index (χ1v) is 6.05. The molecule has 14 heavy (non-hydrogen) atoms. The van der Waals surface area contributed by atoms with Gasteiger partial charge in [0.2, 0.25) is 0 Å². The van der Waals surface area contributed by atoms with E-state index in [1.165, 1.54) is 0 Å². The summed E-state index contributed by atoms with van der Waals surface area (Å²) in [4.78, 5) is 8.05. The van der Waals surface area contributed by atoms with Crippen LogP contribution in [0.3, 0.4) is 0 Å². The van der Waals surface area contributed by atoms with Gasteiger partial charge in [-0.05, 0) is 42.4 Å². The van der Waals surface area contributed by atoms with Crippen LogP contribution in [0.4, 0.5) is 5.82 Å². The number of rotatable bonds is 5. The smallest absolute Gasteiger partial charge is 0.142 e. The molecular weight excluding hydrogens is 312 g/mol. The number of aromatic nitrogens is 2. The molecule has 1 aromatic heterocycles. The second kappa shape index (κ2) is 6.40. The van der Waals surface area contributed by atoms with Crippen molar-refractivity contribution >= 4 is 40.0 Å². The third-order valence-corrected chi connectivity index (χ3v) is 2.75. The molecule has 0 aromatic carbocycles. The molecule has 5 heteroatoms. The summed E-state index contributed by atoms with van der Waals surface area (Å²) in [5.74, 6) is 0.905. The van der Waals surface area contributed by atoms with E-state index in [1.54, 1.807) is 12.5 Å². The normalized spacial score (nSPS) is 12.5. The predicted molar refractivity (Wildman–Crippen MR) is 67.8 cm³/mol. The minimum absolute atomic E-state index is 0.251. The van der Waals surface area contributed by atoms with Crippen molar-refractivity contribution in [2.75, 3.05) is 11.9 Å². The standard InChI is InChI=1S/C9H13ClIN3/c1-7(10)3-2-4-13-9-8(11)5-12-6-14-9/h5-7H,2-4H2,1H3,(H,12,13,14). The number of nitrogens with one attached hydrogen (secondary N) is 1. The SMILES string of the molecule is CC(Cl)CCCNc1ncncc1I. The van der Waals surface area contributed by atoms with Crippen molar-refractivity contribution in [3.63, 3.8) is 0 Å². The highest BCUT2D eigenvalue weighted by Gasteiger charge is 2.00. The second-order valence-electron chi connectivity index (χ2n) is 3.07. The number of alkyl halides is 1. The fraction of sp³-hybridized carbons (Fsp3) is 0.556. The van der Waals surface area contributed by atoms with E-state index >= 15 is 0 Å². The number of hydrogen-bond donors (Lipinski definition) is 1. The van der Waals surface area contributed by atoms with Gasteiger partial charge in [-0.1, -0.05) is 0 Å².